The molecule has 152 valence electrons. The van der Waals surface area contributed by atoms with Crippen molar-refractivity contribution >= 4 is 17.7 Å². The number of hydrogen-bond donors (Lipinski definition) is 1. The molecule has 3 rings (SSSR count). The highest BCUT2D eigenvalue weighted by molar-refractivity contribution is 7.99. The van der Waals surface area contributed by atoms with Gasteiger partial charge in [0.15, 0.2) is 11.0 Å². The van der Waals surface area contributed by atoms with Gasteiger partial charge in [-0.25, -0.2) is 9.18 Å². The highest BCUT2D eigenvalue weighted by atomic mass is 32.2. The van der Waals surface area contributed by atoms with Gasteiger partial charge in [-0.2, -0.15) is 0 Å². The molecule has 0 aliphatic carbocycles. The van der Waals surface area contributed by atoms with Gasteiger partial charge in [-0.1, -0.05) is 30.0 Å². The molecule has 0 unspecified atom stereocenters. The molecule has 8 heteroatoms. The Morgan fingerprint density at radius 2 is 1.83 bits per heavy atom. The molecule has 0 bridgehead atoms. The van der Waals surface area contributed by atoms with E-state index in [1.165, 1.54) is 28.8 Å². The largest absolute Gasteiger partial charge is 0.461 e. The molecule has 0 amide bonds. The Bertz CT molecular complexity index is 945. The Balaban J connectivity index is 1.72. The van der Waals surface area contributed by atoms with Crippen LogP contribution in [0, 0.1) is 5.82 Å². The highest BCUT2D eigenvalue weighted by Gasteiger charge is 2.23. The van der Waals surface area contributed by atoms with Crippen LogP contribution in [0.2, 0.25) is 0 Å². The summed E-state index contributed by atoms with van der Waals surface area (Å²) in [7, 11) is 4.09. The summed E-state index contributed by atoms with van der Waals surface area (Å²) >= 11 is 1.44. The molecule has 1 heterocycles. The van der Waals surface area contributed by atoms with Crippen molar-refractivity contribution in [1.82, 2.24) is 14.8 Å². The summed E-state index contributed by atoms with van der Waals surface area (Å²) in [5.41, 5.74) is 1.32. The van der Waals surface area contributed by atoms with Gasteiger partial charge in [-0.15, -0.1) is 10.2 Å². The van der Waals surface area contributed by atoms with Gasteiger partial charge in [-0.3, -0.25) is 4.57 Å². The van der Waals surface area contributed by atoms with E-state index in [0.29, 0.717) is 16.5 Å². The minimum atomic E-state index is -0.350. The maximum atomic E-state index is 13.4. The first-order valence-corrected chi connectivity index (χ1v) is 10.3. The third-order valence-electron chi connectivity index (χ3n) is 4.55. The number of nitrogens with zero attached hydrogens (tertiary/aromatic N) is 3. The van der Waals surface area contributed by atoms with E-state index in [-0.39, 0.29) is 24.4 Å². The number of hydrogen-bond acceptors (Lipinski definition) is 5. The van der Waals surface area contributed by atoms with Crippen LogP contribution in [-0.4, -0.2) is 47.2 Å². The number of quaternary nitrogens is 1. The zero-order chi connectivity index (χ0) is 20.8. The van der Waals surface area contributed by atoms with Crippen LogP contribution in [0.5, 0.6) is 0 Å². The lowest BCUT2D eigenvalue weighted by atomic mass is 10.2. The SMILES string of the molecule is C[C@H](c1nnc(SCCOC(=O)c2ccccc2)n1-c1ccc(F)cc1)[NH+](C)C. The second-order valence-electron chi connectivity index (χ2n) is 6.80. The third kappa shape index (κ3) is 5.21. The van der Waals surface area contributed by atoms with Crippen molar-refractivity contribution in [3.63, 3.8) is 0 Å². The Labute approximate surface area is 173 Å². The molecular formula is C21H24FN4O2S+. The number of rotatable bonds is 8. The van der Waals surface area contributed by atoms with Gasteiger partial charge in [0.1, 0.15) is 18.5 Å². The quantitative estimate of drug-likeness (QED) is 0.348. The van der Waals surface area contributed by atoms with Crippen molar-refractivity contribution in [2.24, 2.45) is 0 Å². The first-order chi connectivity index (χ1) is 14.0. The number of benzene rings is 2. The average molecular weight is 416 g/mol. The Morgan fingerprint density at radius 1 is 1.14 bits per heavy atom. The van der Waals surface area contributed by atoms with Crippen LogP contribution < -0.4 is 4.90 Å². The van der Waals surface area contributed by atoms with Gasteiger partial charge < -0.3 is 9.64 Å². The monoisotopic (exact) mass is 415 g/mol. The number of nitrogens with one attached hydrogen (secondary N) is 1. The topological polar surface area (TPSA) is 61.5 Å². The number of halogens is 1. The van der Waals surface area contributed by atoms with Gasteiger partial charge in [0.2, 0.25) is 0 Å². The zero-order valence-electron chi connectivity index (χ0n) is 16.6. The number of ether oxygens (including phenoxy) is 1. The van der Waals surface area contributed by atoms with E-state index < -0.39 is 0 Å². The van der Waals surface area contributed by atoms with Crippen molar-refractivity contribution in [3.8, 4) is 5.69 Å². The van der Waals surface area contributed by atoms with E-state index in [1.54, 1.807) is 36.4 Å². The summed E-state index contributed by atoms with van der Waals surface area (Å²) in [6, 6.07) is 15.2. The maximum Gasteiger partial charge on any atom is 0.338 e. The number of thioether (sulfide) groups is 1. The standard InChI is InChI=1S/C21H23FN4O2S/c1-15(25(2)3)19-23-24-21(26(19)18-11-9-17(22)10-12-18)29-14-13-28-20(27)16-7-5-4-6-8-16/h4-12,15H,13-14H2,1-3H3/p+1/t15-/m1/s1. The molecule has 0 saturated heterocycles. The Morgan fingerprint density at radius 3 is 2.48 bits per heavy atom. The van der Waals surface area contributed by atoms with Gasteiger partial charge in [0.05, 0.1) is 19.7 Å². The average Bonchev–Trinajstić information content (AvgIpc) is 3.15. The van der Waals surface area contributed by atoms with Crippen LogP contribution in [0.25, 0.3) is 5.69 Å². The summed E-state index contributed by atoms with van der Waals surface area (Å²) in [6.45, 7) is 2.31. The fourth-order valence-electron chi connectivity index (χ4n) is 2.67. The molecular weight excluding hydrogens is 391 g/mol. The summed E-state index contributed by atoms with van der Waals surface area (Å²) in [5.74, 6) is 0.676. The number of esters is 1. The van der Waals surface area contributed by atoms with E-state index in [1.807, 2.05) is 24.7 Å². The molecule has 0 radical (unpaired) electrons. The van der Waals surface area contributed by atoms with E-state index in [4.69, 9.17) is 4.74 Å². The number of carbonyl (C=O) groups is 1. The van der Waals surface area contributed by atoms with Crippen molar-refractivity contribution in [1.29, 1.82) is 0 Å². The highest BCUT2D eigenvalue weighted by Crippen LogP contribution is 2.24. The Hall–Kier alpha value is -2.71. The second kappa shape index (κ2) is 9.67. The molecule has 29 heavy (non-hydrogen) atoms. The first kappa shape index (κ1) is 21.0. The molecule has 0 saturated carbocycles. The third-order valence-corrected chi connectivity index (χ3v) is 5.45. The van der Waals surface area contributed by atoms with Crippen molar-refractivity contribution < 1.29 is 18.8 Å². The van der Waals surface area contributed by atoms with E-state index in [2.05, 4.69) is 17.1 Å². The Kier molecular flexibility index (Phi) is 7.00. The first-order valence-electron chi connectivity index (χ1n) is 9.33. The van der Waals surface area contributed by atoms with Crippen LogP contribution in [0.15, 0.2) is 59.8 Å². The zero-order valence-corrected chi connectivity index (χ0v) is 17.4. The molecule has 1 N–H and O–H groups in total. The second-order valence-corrected chi connectivity index (χ2v) is 7.86. The molecule has 1 aromatic heterocycles. The van der Waals surface area contributed by atoms with Gasteiger partial charge in [-0.05, 0) is 43.3 Å². The molecule has 0 spiro atoms. The van der Waals surface area contributed by atoms with Crippen LogP contribution >= 0.6 is 11.8 Å². The maximum absolute atomic E-state index is 13.4. The van der Waals surface area contributed by atoms with Gasteiger partial charge >= 0.3 is 5.97 Å². The predicted molar refractivity (Wildman–Crippen MR) is 110 cm³/mol. The molecule has 3 aromatic rings. The fourth-order valence-corrected chi connectivity index (χ4v) is 3.45. The lowest BCUT2D eigenvalue weighted by Crippen LogP contribution is -3.05. The van der Waals surface area contributed by atoms with Crippen molar-refractivity contribution in [2.75, 3.05) is 26.5 Å². The summed E-state index contributed by atoms with van der Waals surface area (Å²) in [6.07, 6.45) is 0. The van der Waals surface area contributed by atoms with E-state index >= 15 is 0 Å². The van der Waals surface area contributed by atoms with Crippen molar-refractivity contribution in [2.45, 2.75) is 18.1 Å². The van der Waals surface area contributed by atoms with Crippen LogP contribution in [0.3, 0.4) is 0 Å². The molecule has 0 aliphatic rings. The van der Waals surface area contributed by atoms with Crippen LogP contribution in [0.1, 0.15) is 29.1 Å². The van der Waals surface area contributed by atoms with Crippen LogP contribution in [0.4, 0.5) is 4.39 Å². The van der Waals surface area contributed by atoms with E-state index in [0.717, 1.165) is 11.5 Å². The summed E-state index contributed by atoms with van der Waals surface area (Å²) in [4.78, 5) is 13.2. The fraction of sp³-hybridized carbons (Fsp3) is 0.286. The smallest absolute Gasteiger partial charge is 0.338 e. The molecule has 0 aliphatic heterocycles. The minimum absolute atomic E-state index is 0.0952. The predicted octanol–water partition coefficient (Wildman–Crippen LogP) is 2.56. The molecule has 0 fully saturated rings. The summed E-state index contributed by atoms with van der Waals surface area (Å²) < 4.78 is 20.6. The molecule has 2 aromatic carbocycles. The van der Waals surface area contributed by atoms with E-state index in [9.17, 15) is 9.18 Å². The number of carbonyl (C=O) groups excluding carboxylic acids is 1. The lowest BCUT2D eigenvalue weighted by molar-refractivity contribution is -0.890. The van der Waals surface area contributed by atoms with Crippen molar-refractivity contribution in [3.05, 3.63) is 71.8 Å². The van der Waals surface area contributed by atoms with Crippen LogP contribution in [-0.2, 0) is 4.74 Å². The molecule has 1 atom stereocenters. The lowest BCUT2D eigenvalue weighted by Gasteiger charge is -2.18. The number of aromatic nitrogens is 3. The van der Waals surface area contributed by atoms with Gasteiger partial charge in [0.25, 0.3) is 0 Å². The van der Waals surface area contributed by atoms with Gasteiger partial charge in [0, 0.05) is 11.4 Å². The minimum Gasteiger partial charge on any atom is -0.461 e. The molecule has 6 nitrogen and oxygen atoms in total. The normalized spacial score (nSPS) is 12.2. The summed E-state index contributed by atoms with van der Waals surface area (Å²) in [5, 5.41) is 9.37.